The molecule has 0 fully saturated rings. The van der Waals surface area contributed by atoms with Crippen LogP contribution in [-0.4, -0.2) is 5.11 Å². The molecule has 1 atom stereocenters. The molecule has 0 aliphatic rings. The summed E-state index contributed by atoms with van der Waals surface area (Å²) in [4.78, 5) is 0. The maximum absolute atomic E-state index is 12.9. The minimum Gasteiger partial charge on any atom is -0.387 e. The Morgan fingerprint density at radius 2 is 2.00 bits per heavy atom. The van der Waals surface area contributed by atoms with Crippen molar-refractivity contribution >= 4 is 0 Å². The lowest BCUT2D eigenvalue weighted by Crippen LogP contribution is -2.09. The molecule has 0 aliphatic carbocycles. The fourth-order valence-electron chi connectivity index (χ4n) is 1.20. The van der Waals surface area contributed by atoms with Crippen molar-refractivity contribution in [2.45, 2.75) is 18.7 Å². The number of halogens is 4. The molecule has 1 N–H and O–H groups in total. The number of benzene rings is 1. The summed E-state index contributed by atoms with van der Waals surface area (Å²) >= 11 is 0. The van der Waals surface area contributed by atoms with Crippen molar-refractivity contribution < 1.29 is 22.7 Å². The Balaban J connectivity index is 3.13. The van der Waals surface area contributed by atoms with E-state index < -0.39 is 23.7 Å². The predicted molar refractivity (Wildman–Crippen MR) is 49.8 cm³/mol. The fourth-order valence-corrected chi connectivity index (χ4v) is 1.20. The average Bonchev–Trinajstić information content (AvgIpc) is 2.16. The topological polar surface area (TPSA) is 20.2 Å². The second kappa shape index (κ2) is 4.54. The first-order valence-electron chi connectivity index (χ1n) is 4.34. The van der Waals surface area contributed by atoms with Gasteiger partial charge in [0.15, 0.2) is 0 Å². The Kier molecular flexibility index (Phi) is 3.55. The number of hydrogen-bond acceptors (Lipinski definition) is 1. The number of terminal acetylenes is 1. The quantitative estimate of drug-likeness (QED) is 0.614. The maximum atomic E-state index is 12.9. The van der Waals surface area contributed by atoms with Gasteiger partial charge in [0.2, 0.25) is 0 Å². The molecule has 1 unspecified atom stereocenters. The Morgan fingerprint density at radius 3 is 2.50 bits per heavy atom. The van der Waals surface area contributed by atoms with E-state index in [-0.39, 0.29) is 12.0 Å². The van der Waals surface area contributed by atoms with Crippen LogP contribution < -0.4 is 0 Å². The van der Waals surface area contributed by atoms with Crippen molar-refractivity contribution in [1.29, 1.82) is 0 Å². The highest BCUT2D eigenvalue weighted by Crippen LogP contribution is 2.33. The van der Waals surface area contributed by atoms with Crippen LogP contribution in [-0.2, 0) is 6.18 Å². The van der Waals surface area contributed by atoms with Crippen molar-refractivity contribution in [3.05, 3.63) is 35.1 Å². The first-order valence-corrected chi connectivity index (χ1v) is 4.34. The lowest BCUT2D eigenvalue weighted by Gasteiger charge is -2.12. The van der Waals surface area contributed by atoms with E-state index in [9.17, 15) is 22.7 Å². The van der Waals surface area contributed by atoms with Crippen LogP contribution in [0.4, 0.5) is 17.6 Å². The molecular formula is C11H8F4O. The van der Waals surface area contributed by atoms with Gasteiger partial charge < -0.3 is 5.11 Å². The second-order valence-corrected chi connectivity index (χ2v) is 3.16. The van der Waals surface area contributed by atoms with Gasteiger partial charge in [0.05, 0.1) is 11.7 Å². The molecule has 0 heterocycles. The van der Waals surface area contributed by atoms with Crippen LogP contribution in [0.2, 0.25) is 0 Å². The standard InChI is InChI=1S/C11H8F4O/c1-2-3-10(16)7-4-5-9(12)8(6-7)11(13,14)15/h1,4-6,10,16H,3H2. The van der Waals surface area contributed by atoms with E-state index in [1.165, 1.54) is 0 Å². The fraction of sp³-hybridized carbons (Fsp3) is 0.273. The zero-order chi connectivity index (χ0) is 12.3. The van der Waals surface area contributed by atoms with Crippen LogP contribution in [0.5, 0.6) is 0 Å². The molecule has 16 heavy (non-hydrogen) atoms. The normalized spacial score (nSPS) is 13.2. The van der Waals surface area contributed by atoms with E-state index in [1.54, 1.807) is 0 Å². The summed E-state index contributed by atoms with van der Waals surface area (Å²) in [7, 11) is 0. The summed E-state index contributed by atoms with van der Waals surface area (Å²) < 4.78 is 49.8. The van der Waals surface area contributed by atoms with Gasteiger partial charge in [-0.15, -0.1) is 12.3 Å². The minimum atomic E-state index is -4.78. The maximum Gasteiger partial charge on any atom is 0.419 e. The zero-order valence-electron chi connectivity index (χ0n) is 8.05. The number of hydrogen-bond donors (Lipinski definition) is 1. The lowest BCUT2D eigenvalue weighted by atomic mass is 10.0. The highest BCUT2D eigenvalue weighted by molar-refractivity contribution is 5.29. The Hall–Kier alpha value is -1.54. The molecule has 5 heteroatoms. The van der Waals surface area contributed by atoms with Gasteiger partial charge in [0.25, 0.3) is 0 Å². The zero-order valence-corrected chi connectivity index (χ0v) is 8.05. The van der Waals surface area contributed by atoms with Crippen LogP contribution in [0, 0.1) is 18.2 Å². The van der Waals surface area contributed by atoms with Crippen LogP contribution >= 0.6 is 0 Å². The van der Waals surface area contributed by atoms with E-state index in [0.717, 1.165) is 6.07 Å². The van der Waals surface area contributed by atoms with Crippen molar-refractivity contribution in [1.82, 2.24) is 0 Å². The summed E-state index contributed by atoms with van der Waals surface area (Å²) in [5, 5.41) is 9.37. The van der Waals surface area contributed by atoms with Gasteiger partial charge in [-0.1, -0.05) is 6.07 Å². The van der Waals surface area contributed by atoms with E-state index in [4.69, 9.17) is 6.42 Å². The van der Waals surface area contributed by atoms with Gasteiger partial charge in [0, 0.05) is 6.42 Å². The molecule has 86 valence electrons. The van der Waals surface area contributed by atoms with Gasteiger partial charge in [-0.2, -0.15) is 13.2 Å². The van der Waals surface area contributed by atoms with Crippen molar-refractivity contribution in [3.63, 3.8) is 0 Å². The van der Waals surface area contributed by atoms with Crippen LogP contribution in [0.15, 0.2) is 18.2 Å². The minimum absolute atomic E-state index is 0.0494. The van der Waals surface area contributed by atoms with Gasteiger partial charge in [0.1, 0.15) is 5.82 Å². The summed E-state index contributed by atoms with van der Waals surface area (Å²) in [6.07, 6.45) is -1.21. The third kappa shape index (κ3) is 2.74. The Morgan fingerprint density at radius 1 is 1.38 bits per heavy atom. The van der Waals surface area contributed by atoms with Gasteiger partial charge in [-0.25, -0.2) is 4.39 Å². The summed E-state index contributed by atoms with van der Waals surface area (Å²) in [5.74, 6) is 0.743. The third-order valence-electron chi connectivity index (χ3n) is 1.99. The van der Waals surface area contributed by atoms with Crippen molar-refractivity contribution in [3.8, 4) is 12.3 Å². The smallest absolute Gasteiger partial charge is 0.387 e. The van der Waals surface area contributed by atoms with E-state index in [2.05, 4.69) is 5.92 Å². The monoisotopic (exact) mass is 232 g/mol. The first-order chi connectivity index (χ1) is 7.36. The number of rotatable bonds is 2. The van der Waals surface area contributed by atoms with Gasteiger partial charge >= 0.3 is 6.18 Å². The lowest BCUT2D eigenvalue weighted by molar-refractivity contribution is -0.140. The van der Waals surface area contributed by atoms with Crippen molar-refractivity contribution in [2.75, 3.05) is 0 Å². The number of aliphatic hydroxyl groups excluding tert-OH is 1. The number of alkyl halides is 3. The molecule has 1 nitrogen and oxygen atoms in total. The summed E-state index contributed by atoms with van der Waals surface area (Å²) in [6.45, 7) is 0. The van der Waals surface area contributed by atoms with Crippen LogP contribution in [0.25, 0.3) is 0 Å². The van der Waals surface area contributed by atoms with Gasteiger partial charge in [-0.3, -0.25) is 0 Å². The first kappa shape index (κ1) is 12.5. The van der Waals surface area contributed by atoms with Crippen LogP contribution in [0.3, 0.4) is 0 Å². The predicted octanol–water partition coefficient (Wildman–Crippen LogP) is 2.90. The average molecular weight is 232 g/mol. The molecule has 0 aromatic heterocycles. The Bertz CT molecular complexity index is 417. The molecule has 1 aromatic carbocycles. The highest BCUT2D eigenvalue weighted by Gasteiger charge is 2.34. The molecule has 1 aromatic rings. The molecule has 0 saturated carbocycles. The summed E-state index contributed by atoms with van der Waals surface area (Å²) in [6, 6.07) is 2.31. The molecule has 0 bridgehead atoms. The van der Waals surface area contributed by atoms with Gasteiger partial charge in [-0.05, 0) is 17.7 Å². The van der Waals surface area contributed by atoms with E-state index >= 15 is 0 Å². The molecule has 0 radical (unpaired) electrons. The molecular weight excluding hydrogens is 224 g/mol. The largest absolute Gasteiger partial charge is 0.419 e. The third-order valence-corrected chi connectivity index (χ3v) is 1.99. The molecule has 0 amide bonds. The second-order valence-electron chi connectivity index (χ2n) is 3.16. The van der Waals surface area contributed by atoms with E-state index in [0.29, 0.717) is 12.1 Å². The molecule has 0 spiro atoms. The van der Waals surface area contributed by atoms with Crippen LogP contribution in [0.1, 0.15) is 23.7 Å². The molecule has 0 saturated heterocycles. The Labute approximate surface area is 89.7 Å². The van der Waals surface area contributed by atoms with E-state index in [1.807, 2.05) is 0 Å². The number of aliphatic hydroxyl groups is 1. The molecule has 1 rings (SSSR count). The highest BCUT2D eigenvalue weighted by atomic mass is 19.4. The molecule has 0 aliphatic heterocycles. The van der Waals surface area contributed by atoms with Crippen molar-refractivity contribution in [2.24, 2.45) is 0 Å². The summed E-state index contributed by atoms with van der Waals surface area (Å²) in [5.41, 5.74) is -1.45. The SMILES string of the molecule is C#CCC(O)c1ccc(F)c(C(F)(F)F)c1.